The van der Waals surface area contributed by atoms with E-state index >= 15 is 0 Å². The first-order valence-electron chi connectivity index (χ1n) is 11.1. The van der Waals surface area contributed by atoms with Gasteiger partial charge in [-0.1, -0.05) is 25.1 Å². The summed E-state index contributed by atoms with van der Waals surface area (Å²) in [6.45, 7) is 8.33. The van der Waals surface area contributed by atoms with Crippen molar-refractivity contribution in [2.24, 2.45) is 4.99 Å². The molecule has 3 heterocycles. The van der Waals surface area contributed by atoms with Crippen LogP contribution in [0, 0.1) is 0 Å². The highest BCUT2D eigenvalue weighted by atomic mass is 32.1. The molecule has 1 aromatic heterocycles. The number of anilines is 1. The molecular weight excluding hydrogens is 394 g/mol. The standard InChI is InChI=1S/C23H31N5OS/c1-3-18-14-25-21(30-18)15-26-23(24-4-2)28-16-17(19-8-5-6-9-20(19)28)11-13-27-12-7-10-22(27)29/h5-6,8-9,14,17H,3-4,7,10-13,15-16H2,1-2H3,(H,24,26). The predicted molar refractivity (Wildman–Crippen MR) is 123 cm³/mol. The number of fused-ring (bicyclic) bond motifs is 1. The molecule has 7 heteroatoms. The molecule has 30 heavy (non-hydrogen) atoms. The number of benzene rings is 1. The average Bonchev–Trinajstić information content (AvgIpc) is 3.48. The second-order valence-corrected chi connectivity index (χ2v) is 9.08. The van der Waals surface area contributed by atoms with Gasteiger partial charge in [0.1, 0.15) is 5.01 Å². The summed E-state index contributed by atoms with van der Waals surface area (Å²) in [6.07, 6.45) is 5.68. The lowest BCUT2D eigenvalue weighted by atomic mass is 9.98. The Bertz CT molecular complexity index is 909. The Kier molecular flexibility index (Phi) is 6.67. The third-order valence-corrected chi connectivity index (χ3v) is 7.02. The summed E-state index contributed by atoms with van der Waals surface area (Å²) in [5, 5.41) is 4.52. The van der Waals surface area contributed by atoms with Crippen LogP contribution in [0.3, 0.4) is 0 Å². The first-order valence-corrected chi connectivity index (χ1v) is 11.9. The van der Waals surface area contributed by atoms with Crippen LogP contribution in [0.25, 0.3) is 0 Å². The first-order chi connectivity index (χ1) is 14.7. The quantitative estimate of drug-likeness (QED) is 0.542. The van der Waals surface area contributed by atoms with E-state index in [1.54, 1.807) is 11.3 Å². The van der Waals surface area contributed by atoms with E-state index in [2.05, 4.69) is 53.3 Å². The average molecular weight is 426 g/mol. The number of para-hydroxylation sites is 1. The number of amides is 1. The van der Waals surface area contributed by atoms with Crippen molar-refractivity contribution in [1.29, 1.82) is 0 Å². The van der Waals surface area contributed by atoms with Crippen molar-refractivity contribution in [3.8, 4) is 0 Å². The minimum Gasteiger partial charge on any atom is -0.356 e. The number of aliphatic imine (C=N–C) groups is 1. The zero-order valence-corrected chi connectivity index (χ0v) is 18.7. The number of thiazole rings is 1. The van der Waals surface area contributed by atoms with Gasteiger partial charge in [0, 0.05) is 55.3 Å². The molecule has 1 atom stereocenters. The van der Waals surface area contributed by atoms with Gasteiger partial charge in [0.15, 0.2) is 5.96 Å². The maximum atomic E-state index is 12.0. The largest absolute Gasteiger partial charge is 0.356 e. The lowest BCUT2D eigenvalue weighted by molar-refractivity contribution is -0.127. The fourth-order valence-corrected chi connectivity index (χ4v) is 5.10. The fourth-order valence-electron chi connectivity index (χ4n) is 4.32. The highest BCUT2D eigenvalue weighted by Crippen LogP contribution is 2.38. The van der Waals surface area contributed by atoms with Gasteiger partial charge >= 0.3 is 0 Å². The first kappa shape index (κ1) is 20.8. The molecule has 2 aliphatic rings. The zero-order valence-electron chi connectivity index (χ0n) is 17.9. The minimum absolute atomic E-state index is 0.308. The Hall–Kier alpha value is -2.41. The number of hydrogen-bond donors (Lipinski definition) is 1. The number of carbonyl (C=O) groups is 1. The third kappa shape index (κ3) is 4.51. The van der Waals surface area contributed by atoms with Gasteiger partial charge in [-0.25, -0.2) is 9.98 Å². The minimum atomic E-state index is 0.308. The number of nitrogens with zero attached hydrogens (tertiary/aromatic N) is 4. The highest BCUT2D eigenvalue weighted by Gasteiger charge is 2.32. The van der Waals surface area contributed by atoms with Gasteiger partial charge in [0.05, 0.1) is 6.54 Å². The second kappa shape index (κ2) is 9.60. The summed E-state index contributed by atoms with van der Waals surface area (Å²) in [7, 11) is 0. The Balaban J connectivity index is 1.50. The van der Waals surface area contributed by atoms with Gasteiger partial charge in [-0.3, -0.25) is 4.79 Å². The van der Waals surface area contributed by atoms with Crippen molar-refractivity contribution in [3.63, 3.8) is 0 Å². The van der Waals surface area contributed by atoms with E-state index in [-0.39, 0.29) is 0 Å². The number of hydrogen-bond acceptors (Lipinski definition) is 4. The molecule has 2 aromatic rings. The SMILES string of the molecule is CCNC(=NCc1ncc(CC)s1)N1CC(CCN2CCCC2=O)c2ccccc21. The van der Waals surface area contributed by atoms with E-state index in [9.17, 15) is 4.79 Å². The maximum Gasteiger partial charge on any atom is 0.222 e. The lowest BCUT2D eigenvalue weighted by Crippen LogP contribution is -2.41. The maximum absolute atomic E-state index is 12.0. The van der Waals surface area contributed by atoms with Crippen molar-refractivity contribution in [2.45, 2.75) is 52.0 Å². The van der Waals surface area contributed by atoms with Crippen LogP contribution in [0.1, 0.15) is 54.5 Å². The molecule has 0 spiro atoms. The van der Waals surface area contributed by atoms with Crippen molar-refractivity contribution < 1.29 is 4.79 Å². The van der Waals surface area contributed by atoms with Gasteiger partial charge in [-0.05, 0) is 37.8 Å². The van der Waals surface area contributed by atoms with Crippen LogP contribution in [-0.4, -0.2) is 47.9 Å². The molecule has 0 bridgehead atoms. The molecule has 1 N–H and O–H groups in total. The fraction of sp³-hybridized carbons (Fsp3) is 0.522. The van der Waals surface area contributed by atoms with Crippen LogP contribution in [0.15, 0.2) is 35.5 Å². The smallest absolute Gasteiger partial charge is 0.222 e. The van der Waals surface area contributed by atoms with E-state index < -0.39 is 0 Å². The second-order valence-electron chi connectivity index (χ2n) is 7.88. The molecule has 0 radical (unpaired) electrons. The Morgan fingerprint density at radius 1 is 1.33 bits per heavy atom. The summed E-state index contributed by atoms with van der Waals surface area (Å²) in [6, 6.07) is 8.61. The molecule has 4 rings (SSSR count). The summed E-state index contributed by atoms with van der Waals surface area (Å²) in [5.41, 5.74) is 2.58. The number of aryl methyl sites for hydroxylation is 1. The van der Waals surface area contributed by atoms with Crippen LogP contribution in [-0.2, 0) is 17.8 Å². The third-order valence-electron chi connectivity index (χ3n) is 5.89. The van der Waals surface area contributed by atoms with E-state index in [4.69, 9.17) is 4.99 Å². The highest BCUT2D eigenvalue weighted by molar-refractivity contribution is 7.11. The van der Waals surface area contributed by atoms with Gasteiger partial charge in [-0.2, -0.15) is 0 Å². The monoisotopic (exact) mass is 425 g/mol. The van der Waals surface area contributed by atoms with Crippen LogP contribution in [0.5, 0.6) is 0 Å². The molecule has 1 unspecified atom stereocenters. The summed E-state index contributed by atoms with van der Waals surface area (Å²) < 4.78 is 0. The molecule has 1 fully saturated rings. The van der Waals surface area contributed by atoms with E-state index in [0.717, 1.165) is 56.4 Å². The lowest BCUT2D eigenvalue weighted by Gasteiger charge is -2.23. The Labute approximate surface area is 183 Å². The molecule has 1 aromatic carbocycles. The Morgan fingerprint density at radius 2 is 2.20 bits per heavy atom. The summed E-state index contributed by atoms with van der Waals surface area (Å²) in [5.74, 6) is 1.63. The molecule has 1 saturated heterocycles. The van der Waals surface area contributed by atoms with Crippen molar-refractivity contribution >= 4 is 28.9 Å². The number of carbonyl (C=O) groups excluding carboxylic acids is 1. The van der Waals surface area contributed by atoms with Crippen molar-refractivity contribution in [2.75, 3.05) is 31.1 Å². The van der Waals surface area contributed by atoms with Crippen LogP contribution in [0.4, 0.5) is 5.69 Å². The molecule has 6 nitrogen and oxygen atoms in total. The normalized spacial score (nSPS) is 18.9. The van der Waals surface area contributed by atoms with Crippen LogP contribution >= 0.6 is 11.3 Å². The molecule has 1 amide bonds. The van der Waals surface area contributed by atoms with E-state index in [1.807, 2.05) is 11.1 Å². The number of aromatic nitrogens is 1. The van der Waals surface area contributed by atoms with Gasteiger partial charge < -0.3 is 15.1 Å². The molecular formula is C23H31N5OS. The molecule has 0 aliphatic carbocycles. The Morgan fingerprint density at radius 3 is 2.93 bits per heavy atom. The van der Waals surface area contributed by atoms with E-state index in [1.165, 1.54) is 16.1 Å². The van der Waals surface area contributed by atoms with Gasteiger partial charge in [-0.15, -0.1) is 11.3 Å². The number of nitrogens with one attached hydrogen (secondary N) is 1. The summed E-state index contributed by atoms with van der Waals surface area (Å²) in [4.78, 5) is 27.1. The van der Waals surface area contributed by atoms with Crippen LogP contribution in [0.2, 0.25) is 0 Å². The predicted octanol–water partition coefficient (Wildman–Crippen LogP) is 3.79. The topological polar surface area (TPSA) is 60.8 Å². The molecule has 0 saturated carbocycles. The number of likely N-dealkylation sites (tertiary alicyclic amines) is 1. The van der Waals surface area contributed by atoms with Crippen molar-refractivity contribution in [1.82, 2.24) is 15.2 Å². The van der Waals surface area contributed by atoms with E-state index in [0.29, 0.717) is 24.8 Å². The van der Waals surface area contributed by atoms with Gasteiger partial charge in [0.25, 0.3) is 0 Å². The van der Waals surface area contributed by atoms with Crippen molar-refractivity contribution in [3.05, 3.63) is 45.9 Å². The number of guanidine groups is 1. The van der Waals surface area contributed by atoms with Gasteiger partial charge in [0.2, 0.25) is 5.91 Å². The number of rotatable bonds is 7. The zero-order chi connectivity index (χ0) is 20.9. The summed E-state index contributed by atoms with van der Waals surface area (Å²) >= 11 is 1.74. The van der Waals surface area contributed by atoms with Crippen LogP contribution < -0.4 is 10.2 Å². The molecule has 2 aliphatic heterocycles. The molecule has 160 valence electrons.